The van der Waals surface area contributed by atoms with Crippen molar-refractivity contribution in [3.63, 3.8) is 0 Å². The van der Waals surface area contributed by atoms with Crippen LogP contribution in [0.4, 0.5) is 0 Å². The molecule has 1 aromatic carbocycles. The molecule has 20 heavy (non-hydrogen) atoms. The topological polar surface area (TPSA) is 72.2 Å². The van der Waals surface area contributed by atoms with Crippen molar-refractivity contribution in [2.24, 2.45) is 5.73 Å². The molecule has 1 aromatic rings. The first-order chi connectivity index (χ1) is 9.04. The van der Waals surface area contributed by atoms with Crippen molar-refractivity contribution in [3.05, 3.63) is 29.8 Å². The second-order valence-corrected chi connectivity index (χ2v) is 8.14. The van der Waals surface area contributed by atoms with E-state index >= 15 is 0 Å². The van der Waals surface area contributed by atoms with E-state index in [2.05, 4.69) is 25.5 Å². The molecule has 1 rings (SSSR count). The molecule has 0 saturated heterocycles. The summed E-state index contributed by atoms with van der Waals surface area (Å²) in [6.45, 7) is 10.2. The number of nitrogens with two attached hydrogens (primary N) is 1. The Morgan fingerprint density at radius 3 is 2.00 bits per heavy atom. The molecule has 0 saturated carbocycles. The van der Waals surface area contributed by atoms with Crippen molar-refractivity contribution >= 4 is 10.0 Å². The first-order valence-electron chi connectivity index (χ1n) is 6.89. The molecule has 0 heterocycles. The van der Waals surface area contributed by atoms with Crippen LogP contribution in [0.1, 0.15) is 46.6 Å². The van der Waals surface area contributed by atoms with Crippen molar-refractivity contribution in [3.8, 4) is 0 Å². The number of sulfonamides is 1. The summed E-state index contributed by atoms with van der Waals surface area (Å²) in [6, 6.07) is 7.07. The number of nitrogens with one attached hydrogen (secondary N) is 1. The molecule has 4 nitrogen and oxygen atoms in total. The smallest absolute Gasteiger partial charge is 0.241 e. The molecular formula is C15H26N2O2S. The van der Waals surface area contributed by atoms with E-state index in [4.69, 9.17) is 5.73 Å². The van der Waals surface area contributed by atoms with E-state index in [1.165, 1.54) is 0 Å². The fourth-order valence-electron chi connectivity index (χ4n) is 1.75. The predicted molar refractivity (Wildman–Crippen MR) is 83.2 cm³/mol. The van der Waals surface area contributed by atoms with Gasteiger partial charge in [-0.25, -0.2) is 13.1 Å². The number of benzene rings is 1. The summed E-state index contributed by atoms with van der Waals surface area (Å²) in [6.07, 6.45) is 0.998. The normalized spacial score (nSPS) is 13.5. The van der Waals surface area contributed by atoms with E-state index in [1.807, 2.05) is 12.1 Å². The Kier molecular flexibility index (Phi) is 5.00. The Morgan fingerprint density at radius 1 is 1.10 bits per heavy atom. The van der Waals surface area contributed by atoms with Gasteiger partial charge in [0.2, 0.25) is 10.0 Å². The Hall–Kier alpha value is -0.910. The Bertz CT molecular complexity index is 546. The maximum atomic E-state index is 12.3. The highest BCUT2D eigenvalue weighted by molar-refractivity contribution is 7.89. The zero-order valence-corrected chi connectivity index (χ0v) is 13.8. The number of hydrogen-bond acceptors (Lipinski definition) is 3. The molecule has 0 aliphatic rings. The summed E-state index contributed by atoms with van der Waals surface area (Å²) in [7, 11) is -3.53. The van der Waals surface area contributed by atoms with Gasteiger partial charge in [0.05, 0.1) is 4.90 Å². The lowest BCUT2D eigenvalue weighted by Gasteiger charge is -2.25. The first-order valence-corrected chi connectivity index (χ1v) is 8.37. The molecule has 0 aliphatic carbocycles. The molecule has 114 valence electrons. The summed E-state index contributed by atoms with van der Waals surface area (Å²) in [5.41, 5.74) is 6.10. The zero-order valence-electron chi connectivity index (χ0n) is 13.0. The monoisotopic (exact) mass is 298 g/mol. The minimum absolute atomic E-state index is 0.0479. The standard InChI is InChI=1S/C15H26N2O2S/c1-6-14(2,3)12-7-9-13(10-8-12)20(18,19)17-15(4,5)11-16/h7-10,17H,6,11,16H2,1-5H3. The Labute approximate surface area is 122 Å². The highest BCUT2D eigenvalue weighted by Gasteiger charge is 2.25. The van der Waals surface area contributed by atoms with Gasteiger partial charge in [-0.2, -0.15) is 0 Å². The minimum atomic E-state index is -3.53. The third kappa shape index (κ3) is 4.04. The number of hydrogen-bond donors (Lipinski definition) is 2. The molecule has 0 aromatic heterocycles. The Balaban J connectivity index is 3.05. The highest BCUT2D eigenvalue weighted by atomic mass is 32.2. The minimum Gasteiger partial charge on any atom is -0.329 e. The largest absolute Gasteiger partial charge is 0.329 e. The fourth-order valence-corrected chi connectivity index (χ4v) is 3.18. The second kappa shape index (κ2) is 5.84. The fraction of sp³-hybridized carbons (Fsp3) is 0.600. The summed E-state index contributed by atoms with van der Waals surface area (Å²) in [5.74, 6) is 0. The SMILES string of the molecule is CCC(C)(C)c1ccc(S(=O)(=O)NC(C)(C)CN)cc1. The number of rotatable bonds is 6. The average Bonchev–Trinajstić information content (AvgIpc) is 2.38. The van der Waals surface area contributed by atoms with Crippen molar-refractivity contribution < 1.29 is 8.42 Å². The van der Waals surface area contributed by atoms with Gasteiger partial charge in [0.25, 0.3) is 0 Å². The maximum Gasteiger partial charge on any atom is 0.241 e. The predicted octanol–water partition coefficient (Wildman–Crippen LogP) is 2.39. The van der Waals surface area contributed by atoms with Crippen molar-refractivity contribution in [2.45, 2.75) is 56.9 Å². The molecule has 0 aliphatic heterocycles. The molecule has 0 spiro atoms. The van der Waals surface area contributed by atoms with Crippen molar-refractivity contribution in [1.29, 1.82) is 0 Å². The quantitative estimate of drug-likeness (QED) is 0.847. The third-order valence-corrected chi connectivity index (χ3v) is 5.47. The van der Waals surface area contributed by atoms with E-state index in [-0.39, 0.29) is 16.9 Å². The van der Waals surface area contributed by atoms with Crippen LogP contribution in [0.3, 0.4) is 0 Å². The van der Waals surface area contributed by atoms with Gasteiger partial charge < -0.3 is 5.73 Å². The van der Waals surface area contributed by atoms with Crippen molar-refractivity contribution in [1.82, 2.24) is 4.72 Å². The van der Waals surface area contributed by atoms with E-state index < -0.39 is 15.6 Å². The molecule has 0 amide bonds. The third-order valence-electron chi connectivity index (χ3n) is 3.75. The summed E-state index contributed by atoms with van der Waals surface area (Å²) in [4.78, 5) is 0.273. The van der Waals surface area contributed by atoms with E-state index in [0.717, 1.165) is 12.0 Å². The molecule has 0 bridgehead atoms. The Morgan fingerprint density at radius 2 is 1.60 bits per heavy atom. The summed E-state index contributed by atoms with van der Waals surface area (Å²) >= 11 is 0. The van der Waals surface area contributed by atoms with Gasteiger partial charge in [0, 0.05) is 12.1 Å². The summed E-state index contributed by atoms with van der Waals surface area (Å²) in [5, 5.41) is 0. The molecule has 0 atom stereocenters. The van der Waals surface area contributed by atoms with Gasteiger partial charge in [-0.05, 0) is 43.4 Å². The average molecular weight is 298 g/mol. The van der Waals surface area contributed by atoms with Crippen molar-refractivity contribution in [2.75, 3.05) is 6.54 Å². The van der Waals surface area contributed by atoms with Gasteiger partial charge in [0.15, 0.2) is 0 Å². The van der Waals surface area contributed by atoms with Crippen LogP contribution in [0.15, 0.2) is 29.2 Å². The lowest BCUT2D eigenvalue weighted by Crippen LogP contribution is -2.48. The van der Waals surface area contributed by atoms with E-state index in [1.54, 1.807) is 26.0 Å². The van der Waals surface area contributed by atoms with Gasteiger partial charge in [-0.3, -0.25) is 0 Å². The highest BCUT2D eigenvalue weighted by Crippen LogP contribution is 2.27. The van der Waals surface area contributed by atoms with Gasteiger partial charge >= 0.3 is 0 Å². The van der Waals surface area contributed by atoms with Crippen LogP contribution >= 0.6 is 0 Å². The molecule has 5 heteroatoms. The van der Waals surface area contributed by atoms with E-state index in [9.17, 15) is 8.42 Å². The van der Waals surface area contributed by atoms with Crippen LogP contribution in [0.25, 0.3) is 0 Å². The molecule has 0 radical (unpaired) electrons. The van der Waals surface area contributed by atoms with Gasteiger partial charge in [-0.15, -0.1) is 0 Å². The van der Waals surface area contributed by atoms with Crippen LogP contribution in [0.5, 0.6) is 0 Å². The van der Waals surface area contributed by atoms with Crippen LogP contribution in [0.2, 0.25) is 0 Å². The molecule has 0 unspecified atom stereocenters. The maximum absolute atomic E-state index is 12.3. The van der Waals surface area contributed by atoms with Crippen LogP contribution < -0.4 is 10.5 Å². The lowest BCUT2D eigenvalue weighted by atomic mass is 9.82. The lowest BCUT2D eigenvalue weighted by molar-refractivity contribution is 0.462. The molecular weight excluding hydrogens is 272 g/mol. The zero-order chi connectivity index (χ0) is 15.6. The first kappa shape index (κ1) is 17.1. The second-order valence-electron chi connectivity index (χ2n) is 6.46. The molecule has 3 N–H and O–H groups in total. The van der Waals surface area contributed by atoms with Gasteiger partial charge in [0.1, 0.15) is 0 Å². The van der Waals surface area contributed by atoms with Crippen LogP contribution in [-0.2, 0) is 15.4 Å². The van der Waals surface area contributed by atoms with Crippen LogP contribution in [-0.4, -0.2) is 20.5 Å². The van der Waals surface area contributed by atoms with Gasteiger partial charge in [-0.1, -0.05) is 32.9 Å². The molecule has 0 fully saturated rings. The van der Waals surface area contributed by atoms with Crippen LogP contribution in [0, 0.1) is 0 Å². The summed E-state index contributed by atoms with van der Waals surface area (Å²) < 4.78 is 27.2. The van der Waals surface area contributed by atoms with E-state index in [0.29, 0.717) is 0 Å².